The summed E-state index contributed by atoms with van der Waals surface area (Å²) in [5.41, 5.74) is 1.86. The monoisotopic (exact) mass is 420 g/mol. The van der Waals surface area contributed by atoms with Gasteiger partial charge in [0.25, 0.3) is 0 Å². The van der Waals surface area contributed by atoms with Crippen LogP contribution in [0.2, 0.25) is 0 Å². The van der Waals surface area contributed by atoms with Crippen molar-refractivity contribution in [2.24, 2.45) is 0 Å². The number of ketones is 1. The van der Waals surface area contributed by atoms with Crippen molar-refractivity contribution >= 4 is 27.6 Å². The fraction of sp³-hybridized carbons (Fsp3) is 0.400. The molecule has 1 saturated heterocycles. The number of thioether (sulfide) groups is 1. The maximum atomic E-state index is 12.6. The molecule has 0 aliphatic carbocycles. The summed E-state index contributed by atoms with van der Waals surface area (Å²) >= 11 is 1.32. The summed E-state index contributed by atoms with van der Waals surface area (Å²) in [6.07, 6.45) is 2.29. The van der Waals surface area contributed by atoms with Gasteiger partial charge in [0.2, 0.25) is 10.0 Å². The molecule has 0 bridgehead atoms. The topological polar surface area (TPSA) is 76.6 Å². The van der Waals surface area contributed by atoms with Gasteiger partial charge in [-0.15, -0.1) is 0 Å². The molecule has 0 amide bonds. The van der Waals surface area contributed by atoms with E-state index in [9.17, 15) is 13.2 Å². The lowest BCUT2D eigenvalue weighted by Gasteiger charge is -2.25. The molecule has 0 spiro atoms. The molecule has 0 radical (unpaired) electrons. The van der Waals surface area contributed by atoms with Crippen molar-refractivity contribution in [2.75, 3.05) is 26.3 Å². The zero-order valence-corrected chi connectivity index (χ0v) is 17.6. The number of hydrogen-bond acceptors (Lipinski definition) is 6. The van der Waals surface area contributed by atoms with E-state index in [0.717, 1.165) is 6.42 Å². The Bertz CT molecular complexity index is 906. The molecule has 1 aromatic heterocycles. The molecule has 1 aromatic carbocycles. The van der Waals surface area contributed by atoms with Crippen LogP contribution in [0.3, 0.4) is 0 Å². The quantitative estimate of drug-likeness (QED) is 0.506. The average molecular weight is 421 g/mol. The number of pyridine rings is 1. The van der Waals surface area contributed by atoms with Crippen molar-refractivity contribution < 1.29 is 17.9 Å². The number of Topliss-reactive ketones (excluding diaryl/α,β-unsaturated/α-hetero) is 1. The van der Waals surface area contributed by atoms with Gasteiger partial charge in [-0.3, -0.25) is 4.79 Å². The van der Waals surface area contributed by atoms with Gasteiger partial charge in [0, 0.05) is 24.8 Å². The lowest BCUT2D eigenvalue weighted by molar-refractivity contribution is 0.0730. The molecule has 2 aromatic rings. The second kappa shape index (κ2) is 9.17. The first-order chi connectivity index (χ1) is 13.4. The molecule has 28 heavy (non-hydrogen) atoms. The molecule has 0 saturated carbocycles. The number of hydrogen-bond donors (Lipinski definition) is 0. The third kappa shape index (κ3) is 4.81. The Morgan fingerprint density at radius 3 is 2.43 bits per heavy atom. The maximum Gasteiger partial charge on any atom is 0.244 e. The fourth-order valence-electron chi connectivity index (χ4n) is 2.90. The molecule has 1 fully saturated rings. The van der Waals surface area contributed by atoms with Crippen LogP contribution in [0.15, 0.2) is 52.5 Å². The number of aromatic nitrogens is 1. The minimum atomic E-state index is -3.56. The largest absolute Gasteiger partial charge is 0.379 e. The number of aryl methyl sites for hydroxylation is 1. The van der Waals surface area contributed by atoms with Crippen molar-refractivity contribution in [3.05, 3.63) is 53.7 Å². The van der Waals surface area contributed by atoms with Crippen LogP contribution >= 0.6 is 11.8 Å². The molecule has 2 heterocycles. The van der Waals surface area contributed by atoms with Crippen molar-refractivity contribution in [2.45, 2.75) is 35.4 Å². The van der Waals surface area contributed by atoms with Crippen LogP contribution in [0.25, 0.3) is 0 Å². The summed E-state index contributed by atoms with van der Waals surface area (Å²) in [6, 6.07) is 10.8. The predicted molar refractivity (Wildman–Crippen MR) is 109 cm³/mol. The van der Waals surface area contributed by atoms with Crippen LogP contribution in [0.1, 0.15) is 29.8 Å². The Morgan fingerprint density at radius 1 is 1.18 bits per heavy atom. The summed E-state index contributed by atoms with van der Waals surface area (Å²) in [6.45, 7) is 5.41. The van der Waals surface area contributed by atoms with Gasteiger partial charge in [0.15, 0.2) is 5.78 Å². The lowest BCUT2D eigenvalue weighted by Crippen LogP contribution is -2.40. The number of morpholine rings is 1. The minimum absolute atomic E-state index is 0.0273. The van der Waals surface area contributed by atoms with E-state index in [2.05, 4.69) is 11.9 Å². The first-order valence-corrected chi connectivity index (χ1v) is 11.6. The minimum Gasteiger partial charge on any atom is -0.379 e. The van der Waals surface area contributed by atoms with Gasteiger partial charge in [0.05, 0.1) is 23.5 Å². The third-order valence-electron chi connectivity index (χ3n) is 4.63. The van der Waals surface area contributed by atoms with Gasteiger partial charge in [-0.05, 0) is 31.0 Å². The van der Waals surface area contributed by atoms with E-state index in [4.69, 9.17) is 4.74 Å². The normalized spacial score (nSPS) is 16.6. The molecule has 8 heteroatoms. The summed E-state index contributed by atoms with van der Waals surface area (Å²) in [7, 11) is -3.56. The van der Waals surface area contributed by atoms with Crippen molar-refractivity contribution in [3.8, 4) is 0 Å². The number of benzene rings is 1. The molecule has 0 unspecified atom stereocenters. The Balaban J connectivity index is 1.66. The first kappa shape index (κ1) is 21.0. The Hall–Kier alpha value is -1.74. The summed E-state index contributed by atoms with van der Waals surface area (Å²) < 4.78 is 31.9. The zero-order valence-electron chi connectivity index (χ0n) is 16.0. The average Bonchev–Trinajstić information content (AvgIpc) is 2.74. The van der Waals surface area contributed by atoms with Gasteiger partial charge in [0.1, 0.15) is 4.90 Å². The van der Waals surface area contributed by atoms with Crippen LogP contribution in [0, 0.1) is 0 Å². The smallest absolute Gasteiger partial charge is 0.244 e. The molecule has 0 N–H and O–H groups in total. The van der Waals surface area contributed by atoms with Gasteiger partial charge in [-0.2, -0.15) is 4.31 Å². The molecular weight excluding hydrogens is 396 g/mol. The first-order valence-electron chi connectivity index (χ1n) is 9.25. The fourth-order valence-corrected chi connectivity index (χ4v) is 5.12. The highest BCUT2D eigenvalue weighted by Crippen LogP contribution is 2.26. The Labute approximate surface area is 170 Å². The molecule has 1 aliphatic heterocycles. The zero-order chi connectivity index (χ0) is 20.1. The highest BCUT2D eigenvalue weighted by Gasteiger charge is 2.26. The number of ether oxygens (including phenoxy) is 1. The number of carbonyl (C=O) groups excluding carboxylic acids is 1. The van der Waals surface area contributed by atoms with Crippen molar-refractivity contribution in [1.82, 2.24) is 9.29 Å². The SMILES string of the molecule is CCc1ccc(C(=O)[C@H](C)Sc2ccc(S(=O)(=O)N3CCOCC3)cn2)cc1. The molecule has 1 atom stereocenters. The van der Waals surface area contributed by atoms with Crippen LogP contribution in [-0.4, -0.2) is 55.0 Å². The Morgan fingerprint density at radius 2 is 1.86 bits per heavy atom. The summed E-state index contributed by atoms with van der Waals surface area (Å²) in [5, 5.41) is 0.300. The van der Waals surface area contributed by atoms with E-state index < -0.39 is 10.0 Å². The molecular formula is C20H24N2O4S2. The van der Waals surface area contributed by atoms with E-state index in [0.29, 0.717) is 36.9 Å². The molecule has 1 aliphatic rings. The van der Waals surface area contributed by atoms with Crippen LogP contribution < -0.4 is 0 Å². The van der Waals surface area contributed by atoms with E-state index in [1.54, 1.807) is 12.1 Å². The standard InChI is InChI=1S/C20H24N2O4S2/c1-3-16-4-6-17(7-5-16)20(23)15(2)27-19-9-8-18(14-21-19)28(24,25)22-10-12-26-13-11-22/h4-9,14-15H,3,10-13H2,1-2H3/t15-/m0/s1. The predicted octanol–water partition coefficient (Wildman–Crippen LogP) is 3.03. The van der Waals surface area contributed by atoms with Gasteiger partial charge < -0.3 is 4.74 Å². The van der Waals surface area contributed by atoms with E-state index in [1.165, 1.54) is 27.8 Å². The highest BCUT2D eigenvalue weighted by molar-refractivity contribution is 8.00. The summed E-state index contributed by atoms with van der Waals surface area (Å²) in [5.74, 6) is 0.0273. The molecule has 150 valence electrons. The summed E-state index contributed by atoms with van der Waals surface area (Å²) in [4.78, 5) is 17.0. The number of nitrogens with zero attached hydrogens (tertiary/aromatic N) is 2. The van der Waals surface area contributed by atoms with E-state index in [1.807, 2.05) is 31.2 Å². The number of carbonyl (C=O) groups is 1. The number of rotatable bonds is 7. The van der Waals surface area contributed by atoms with Crippen LogP contribution in [0.5, 0.6) is 0 Å². The van der Waals surface area contributed by atoms with Crippen molar-refractivity contribution in [1.29, 1.82) is 0 Å². The highest BCUT2D eigenvalue weighted by atomic mass is 32.2. The van der Waals surface area contributed by atoms with Gasteiger partial charge in [-0.25, -0.2) is 13.4 Å². The molecule has 3 rings (SSSR count). The van der Waals surface area contributed by atoms with Crippen LogP contribution in [0.4, 0.5) is 0 Å². The van der Waals surface area contributed by atoms with Gasteiger partial charge >= 0.3 is 0 Å². The number of sulfonamides is 1. The van der Waals surface area contributed by atoms with Gasteiger partial charge in [-0.1, -0.05) is 43.0 Å². The third-order valence-corrected chi connectivity index (χ3v) is 7.56. The molecule has 6 nitrogen and oxygen atoms in total. The van der Waals surface area contributed by atoms with E-state index >= 15 is 0 Å². The second-order valence-corrected chi connectivity index (χ2v) is 9.82. The van der Waals surface area contributed by atoms with Crippen LogP contribution in [-0.2, 0) is 21.2 Å². The maximum absolute atomic E-state index is 12.6. The lowest BCUT2D eigenvalue weighted by atomic mass is 10.1. The second-order valence-electron chi connectivity index (χ2n) is 6.52. The van der Waals surface area contributed by atoms with Crippen molar-refractivity contribution in [3.63, 3.8) is 0 Å². The van der Waals surface area contributed by atoms with E-state index in [-0.39, 0.29) is 15.9 Å². The Kier molecular flexibility index (Phi) is 6.87.